The molecule has 0 saturated carbocycles. The van der Waals surface area contributed by atoms with E-state index in [9.17, 15) is 18.3 Å². The molecule has 0 spiro atoms. The van der Waals surface area contributed by atoms with Crippen LogP contribution in [0.1, 0.15) is 41.9 Å². The zero-order valence-electron chi connectivity index (χ0n) is 12.6. The van der Waals surface area contributed by atoms with E-state index in [1.807, 2.05) is 6.92 Å². The van der Waals surface area contributed by atoms with Crippen molar-refractivity contribution < 1.29 is 18.3 Å². The van der Waals surface area contributed by atoms with Gasteiger partial charge < -0.3 is 10.4 Å². The SMILES string of the molecule is C[C@H]1CC(O)(c2csc(C(F)(F)F)c2)C[C@@H](c2cn(C)nn2)N1. The van der Waals surface area contributed by atoms with Gasteiger partial charge >= 0.3 is 6.18 Å². The normalized spacial score (nSPS) is 29.0. The molecule has 3 rings (SSSR count). The average Bonchev–Trinajstić information content (AvgIpc) is 3.05. The van der Waals surface area contributed by atoms with Gasteiger partial charge in [0, 0.05) is 25.7 Å². The van der Waals surface area contributed by atoms with Crippen molar-refractivity contribution in [3.05, 3.63) is 33.8 Å². The maximum Gasteiger partial charge on any atom is 0.425 e. The summed E-state index contributed by atoms with van der Waals surface area (Å²) in [6.45, 7) is 1.89. The first-order valence-corrected chi connectivity index (χ1v) is 8.06. The van der Waals surface area contributed by atoms with E-state index in [0.29, 0.717) is 29.0 Å². The summed E-state index contributed by atoms with van der Waals surface area (Å²) in [6, 6.07) is 0.734. The Bertz CT molecular complexity index is 698. The highest BCUT2D eigenvalue weighted by Crippen LogP contribution is 2.43. The molecule has 1 unspecified atom stereocenters. The minimum absolute atomic E-state index is 0.0602. The number of piperidine rings is 1. The van der Waals surface area contributed by atoms with E-state index in [4.69, 9.17) is 0 Å². The number of nitrogens with zero attached hydrogens (tertiary/aromatic N) is 3. The van der Waals surface area contributed by atoms with Crippen LogP contribution in [0, 0.1) is 0 Å². The maximum atomic E-state index is 12.8. The smallest absolute Gasteiger partial charge is 0.385 e. The van der Waals surface area contributed by atoms with E-state index in [1.54, 1.807) is 17.9 Å². The van der Waals surface area contributed by atoms with E-state index >= 15 is 0 Å². The number of nitrogens with one attached hydrogen (secondary N) is 1. The number of aliphatic hydroxyl groups is 1. The molecule has 0 amide bonds. The van der Waals surface area contributed by atoms with Gasteiger partial charge in [-0.05, 0) is 30.4 Å². The molecule has 23 heavy (non-hydrogen) atoms. The van der Waals surface area contributed by atoms with Gasteiger partial charge in [-0.3, -0.25) is 4.68 Å². The molecule has 0 aromatic carbocycles. The lowest BCUT2D eigenvalue weighted by atomic mass is 9.79. The van der Waals surface area contributed by atoms with E-state index < -0.39 is 16.7 Å². The van der Waals surface area contributed by atoms with Crippen molar-refractivity contribution in [3.63, 3.8) is 0 Å². The summed E-state index contributed by atoms with van der Waals surface area (Å²) in [6.07, 6.45) is -2.05. The summed E-state index contributed by atoms with van der Waals surface area (Å²) in [7, 11) is 1.74. The Morgan fingerprint density at radius 1 is 1.43 bits per heavy atom. The highest BCUT2D eigenvalue weighted by molar-refractivity contribution is 7.10. The monoisotopic (exact) mass is 346 g/mol. The average molecular weight is 346 g/mol. The van der Waals surface area contributed by atoms with Gasteiger partial charge in [0.2, 0.25) is 0 Å². The molecule has 0 aliphatic carbocycles. The summed E-state index contributed by atoms with van der Waals surface area (Å²) < 4.78 is 40.0. The molecule has 0 bridgehead atoms. The third kappa shape index (κ3) is 3.26. The van der Waals surface area contributed by atoms with E-state index in [0.717, 1.165) is 6.07 Å². The number of thiophene rings is 1. The van der Waals surface area contributed by atoms with Crippen LogP contribution in [0.25, 0.3) is 0 Å². The largest absolute Gasteiger partial charge is 0.425 e. The fourth-order valence-corrected chi connectivity index (χ4v) is 3.94. The van der Waals surface area contributed by atoms with Crippen molar-refractivity contribution in [1.29, 1.82) is 0 Å². The standard InChI is InChI=1S/C14H17F3N4OS/c1-8-4-13(22,9-3-12(23-7-9)14(15,16)17)5-10(18-8)11-6-21(2)20-19-11/h3,6-8,10,18,22H,4-5H2,1-2H3/t8-,10-,13?/m0/s1. The number of alkyl halides is 3. The highest BCUT2D eigenvalue weighted by Gasteiger charge is 2.42. The molecule has 2 aromatic rings. The van der Waals surface area contributed by atoms with Crippen LogP contribution < -0.4 is 5.32 Å². The molecule has 1 fully saturated rings. The molecule has 1 aliphatic rings. The Morgan fingerprint density at radius 3 is 2.74 bits per heavy atom. The van der Waals surface area contributed by atoms with Crippen LogP contribution in [0.4, 0.5) is 13.2 Å². The molecule has 126 valence electrons. The summed E-state index contributed by atoms with van der Waals surface area (Å²) >= 11 is 0.614. The summed E-state index contributed by atoms with van der Waals surface area (Å²) in [5.41, 5.74) is -0.326. The third-order valence-corrected chi connectivity index (χ3v) is 5.04. The zero-order chi connectivity index (χ0) is 16.8. The molecule has 2 aromatic heterocycles. The number of halogens is 3. The van der Waals surface area contributed by atoms with Gasteiger partial charge in [-0.15, -0.1) is 16.4 Å². The van der Waals surface area contributed by atoms with Gasteiger partial charge in [0.25, 0.3) is 0 Å². The molecule has 1 saturated heterocycles. The van der Waals surface area contributed by atoms with Crippen molar-refractivity contribution >= 4 is 11.3 Å². The Labute approximate surface area is 135 Å². The predicted molar refractivity (Wildman–Crippen MR) is 78.8 cm³/mol. The van der Waals surface area contributed by atoms with Gasteiger partial charge in [-0.2, -0.15) is 13.2 Å². The quantitative estimate of drug-likeness (QED) is 0.877. The fourth-order valence-electron chi connectivity index (χ4n) is 3.07. The Balaban J connectivity index is 1.89. The fraction of sp³-hybridized carbons (Fsp3) is 0.571. The van der Waals surface area contributed by atoms with Crippen molar-refractivity contribution in [2.45, 2.75) is 43.6 Å². The summed E-state index contributed by atoms with van der Waals surface area (Å²) in [5, 5.41) is 23.6. The maximum absolute atomic E-state index is 12.8. The van der Waals surface area contributed by atoms with Gasteiger partial charge in [0.05, 0.1) is 17.3 Å². The first-order chi connectivity index (χ1) is 10.7. The number of aromatic nitrogens is 3. The van der Waals surface area contributed by atoms with Crippen LogP contribution in [0.2, 0.25) is 0 Å². The second-order valence-electron chi connectivity index (χ2n) is 6.07. The second kappa shape index (κ2) is 5.57. The van der Waals surface area contributed by atoms with Crippen LogP contribution in [-0.2, 0) is 18.8 Å². The molecule has 0 radical (unpaired) electrons. The number of hydrogen-bond donors (Lipinski definition) is 2. The van der Waals surface area contributed by atoms with Crippen LogP contribution in [0.15, 0.2) is 17.6 Å². The Morgan fingerprint density at radius 2 is 2.17 bits per heavy atom. The zero-order valence-corrected chi connectivity index (χ0v) is 13.4. The lowest BCUT2D eigenvalue weighted by Gasteiger charge is -2.40. The first kappa shape index (κ1) is 16.4. The van der Waals surface area contributed by atoms with E-state index in [-0.39, 0.29) is 18.5 Å². The number of aryl methyl sites for hydroxylation is 1. The van der Waals surface area contributed by atoms with Gasteiger partial charge in [-0.25, -0.2) is 0 Å². The predicted octanol–water partition coefficient (Wildman–Crippen LogP) is 2.60. The van der Waals surface area contributed by atoms with Gasteiger partial charge in [0.15, 0.2) is 0 Å². The van der Waals surface area contributed by atoms with Crippen molar-refractivity contribution in [1.82, 2.24) is 20.3 Å². The van der Waals surface area contributed by atoms with Crippen LogP contribution >= 0.6 is 11.3 Å². The highest BCUT2D eigenvalue weighted by atomic mass is 32.1. The Hall–Kier alpha value is -1.45. The van der Waals surface area contributed by atoms with Gasteiger partial charge in [-0.1, -0.05) is 5.21 Å². The van der Waals surface area contributed by atoms with Crippen LogP contribution in [0.5, 0.6) is 0 Å². The Kier molecular flexibility index (Phi) is 3.97. The number of hydrogen-bond acceptors (Lipinski definition) is 5. The molecular formula is C14H17F3N4OS. The number of rotatable bonds is 2. The van der Waals surface area contributed by atoms with Crippen molar-refractivity contribution in [2.24, 2.45) is 7.05 Å². The molecule has 9 heteroatoms. The minimum Gasteiger partial charge on any atom is -0.385 e. The first-order valence-electron chi connectivity index (χ1n) is 7.18. The van der Waals surface area contributed by atoms with Crippen LogP contribution in [0.3, 0.4) is 0 Å². The molecule has 3 heterocycles. The minimum atomic E-state index is -4.39. The van der Waals surface area contributed by atoms with Crippen molar-refractivity contribution in [3.8, 4) is 0 Å². The van der Waals surface area contributed by atoms with Crippen LogP contribution in [-0.4, -0.2) is 26.1 Å². The summed E-state index contributed by atoms with van der Waals surface area (Å²) in [5.74, 6) is 0. The lowest BCUT2D eigenvalue weighted by Crippen LogP contribution is -2.46. The van der Waals surface area contributed by atoms with E-state index in [1.165, 1.54) is 5.38 Å². The topological polar surface area (TPSA) is 63.0 Å². The molecule has 3 atom stereocenters. The van der Waals surface area contributed by atoms with Gasteiger partial charge in [0.1, 0.15) is 4.88 Å². The lowest BCUT2D eigenvalue weighted by molar-refractivity contribution is -0.134. The second-order valence-corrected chi connectivity index (χ2v) is 6.99. The molecular weight excluding hydrogens is 329 g/mol. The van der Waals surface area contributed by atoms with Crippen molar-refractivity contribution in [2.75, 3.05) is 0 Å². The third-order valence-electron chi connectivity index (χ3n) is 4.06. The molecule has 2 N–H and O–H groups in total. The molecule has 1 aliphatic heterocycles. The summed E-state index contributed by atoms with van der Waals surface area (Å²) in [4.78, 5) is -0.692. The van der Waals surface area contributed by atoms with E-state index in [2.05, 4.69) is 15.6 Å². The molecule has 5 nitrogen and oxygen atoms in total.